The lowest BCUT2D eigenvalue weighted by Gasteiger charge is -2.29. The Labute approximate surface area is 113 Å². The molecule has 0 unspecified atom stereocenters. The van der Waals surface area contributed by atoms with Crippen LogP contribution >= 0.6 is 11.6 Å². The third-order valence-corrected chi connectivity index (χ3v) is 3.85. The Morgan fingerprint density at radius 3 is 2.33 bits per heavy atom. The minimum atomic E-state index is -0.667. The fourth-order valence-corrected chi connectivity index (χ4v) is 2.15. The van der Waals surface area contributed by atoms with E-state index in [1.807, 2.05) is 20.9 Å². The first-order chi connectivity index (χ1) is 8.53. The van der Waals surface area contributed by atoms with Crippen molar-refractivity contribution in [2.24, 2.45) is 7.05 Å². The summed E-state index contributed by atoms with van der Waals surface area (Å²) in [4.78, 5) is 0. The third kappa shape index (κ3) is 3.03. The molecule has 0 saturated carbocycles. The van der Waals surface area contributed by atoms with Crippen LogP contribution in [0.4, 0.5) is 0 Å². The summed E-state index contributed by atoms with van der Waals surface area (Å²) in [6.45, 7) is 4.16. The fraction of sp³-hybridized carbons (Fsp3) is 0.750. The molecule has 0 spiro atoms. The molecular formula is C12H22ClN3O2. The van der Waals surface area contributed by atoms with E-state index in [-0.39, 0.29) is 13.2 Å². The van der Waals surface area contributed by atoms with Crippen LogP contribution in [0.3, 0.4) is 0 Å². The van der Waals surface area contributed by atoms with Crippen LogP contribution in [-0.4, -0.2) is 38.7 Å². The molecule has 0 radical (unpaired) electrons. The van der Waals surface area contributed by atoms with Gasteiger partial charge in [-0.25, -0.2) is 0 Å². The van der Waals surface area contributed by atoms with Crippen LogP contribution in [0.15, 0.2) is 0 Å². The number of hydrogen-bond donors (Lipinski definition) is 3. The SMILES string of the molecule is CCc1nn(C)c(CNC(CC)(CO)CO)c1Cl. The van der Waals surface area contributed by atoms with Gasteiger partial charge >= 0.3 is 0 Å². The van der Waals surface area contributed by atoms with E-state index in [1.165, 1.54) is 0 Å². The maximum atomic E-state index is 9.37. The van der Waals surface area contributed by atoms with Crippen molar-refractivity contribution in [1.82, 2.24) is 15.1 Å². The van der Waals surface area contributed by atoms with Gasteiger partial charge in [0.05, 0.1) is 35.2 Å². The van der Waals surface area contributed by atoms with Crippen molar-refractivity contribution < 1.29 is 10.2 Å². The second-order valence-corrected chi connectivity index (χ2v) is 4.87. The quantitative estimate of drug-likeness (QED) is 0.690. The summed E-state index contributed by atoms with van der Waals surface area (Å²) in [5.74, 6) is 0. The second kappa shape index (κ2) is 6.52. The molecule has 0 amide bonds. The van der Waals surface area contributed by atoms with Crippen molar-refractivity contribution in [3.8, 4) is 0 Å². The highest BCUT2D eigenvalue weighted by Crippen LogP contribution is 2.21. The number of nitrogens with one attached hydrogen (secondary N) is 1. The molecule has 0 aliphatic carbocycles. The highest BCUT2D eigenvalue weighted by molar-refractivity contribution is 6.31. The van der Waals surface area contributed by atoms with Crippen LogP contribution in [0.1, 0.15) is 31.7 Å². The normalized spacial score (nSPS) is 12.1. The Kier molecular flexibility index (Phi) is 5.59. The van der Waals surface area contributed by atoms with Gasteiger partial charge in [0, 0.05) is 13.6 Å². The maximum Gasteiger partial charge on any atom is 0.0863 e. The molecule has 18 heavy (non-hydrogen) atoms. The summed E-state index contributed by atoms with van der Waals surface area (Å²) in [7, 11) is 1.84. The Morgan fingerprint density at radius 2 is 1.94 bits per heavy atom. The average molecular weight is 276 g/mol. The number of aliphatic hydroxyl groups excluding tert-OH is 2. The summed E-state index contributed by atoms with van der Waals surface area (Å²) in [5, 5.41) is 26.9. The van der Waals surface area contributed by atoms with Crippen LogP contribution in [0.25, 0.3) is 0 Å². The van der Waals surface area contributed by atoms with Crippen LogP contribution in [0.2, 0.25) is 5.02 Å². The Bertz CT molecular complexity index is 381. The number of hydrogen-bond acceptors (Lipinski definition) is 4. The van der Waals surface area contributed by atoms with E-state index in [1.54, 1.807) is 4.68 Å². The average Bonchev–Trinajstić information content (AvgIpc) is 2.67. The molecule has 1 rings (SSSR count). The van der Waals surface area contributed by atoms with E-state index in [0.717, 1.165) is 17.8 Å². The fourth-order valence-electron chi connectivity index (χ4n) is 1.79. The van der Waals surface area contributed by atoms with Crippen molar-refractivity contribution in [2.75, 3.05) is 13.2 Å². The first-order valence-corrected chi connectivity index (χ1v) is 6.58. The first-order valence-electron chi connectivity index (χ1n) is 6.20. The summed E-state index contributed by atoms with van der Waals surface area (Å²) in [5.41, 5.74) is 1.07. The zero-order valence-corrected chi connectivity index (χ0v) is 12.0. The van der Waals surface area contributed by atoms with Gasteiger partial charge in [0.15, 0.2) is 0 Å². The molecule has 0 atom stereocenters. The minimum absolute atomic E-state index is 0.115. The lowest BCUT2D eigenvalue weighted by atomic mass is 9.98. The molecule has 1 heterocycles. The molecule has 0 bridgehead atoms. The van der Waals surface area contributed by atoms with Gasteiger partial charge in [-0.05, 0) is 12.8 Å². The van der Waals surface area contributed by atoms with Crippen LogP contribution in [0, 0.1) is 0 Å². The smallest absolute Gasteiger partial charge is 0.0863 e. The van der Waals surface area contributed by atoms with Crippen molar-refractivity contribution in [3.63, 3.8) is 0 Å². The van der Waals surface area contributed by atoms with Gasteiger partial charge in [-0.3, -0.25) is 4.68 Å². The molecule has 6 heteroatoms. The molecule has 3 N–H and O–H groups in total. The van der Waals surface area contributed by atoms with Crippen molar-refractivity contribution in [3.05, 3.63) is 16.4 Å². The summed E-state index contributed by atoms with van der Waals surface area (Å²) in [6.07, 6.45) is 1.42. The summed E-state index contributed by atoms with van der Waals surface area (Å²) >= 11 is 6.24. The summed E-state index contributed by atoms with van der Waals surface area (Å²) < 4.78 is 1.74. The standard InChI is InChI=1S/C12H22ClN3O2/c1-4-9-11(13)10(16(3)15-9)6-14-12(5-2,7-17)8-18/h14,17-18H,4-8H2,1-3H3. The van der Waals surface area contributed by atoms with Crippen LogP contribution in [0.5, 0.6) is 0 Å². The van der Waals surface area contributed by atoms with Gasteiger partial charge < -0.3 is 15.5 Å². The van der Waals surface area contributed by atoms with E-state index in [2.05, 4.69) is 10.4 Å². The predicted molar refractivity (Wildman–Crippen MR) is 71.6 cm³/mol. The molecule has 0 aliphatic rings. The third-order valence-electron chi connectivity index (χ3n) is 3.42. The molecule has 0 saturated heterocycles. The lowest BCUT2D eigenvalue weighted by molar-refractivity contribution is 0.0858. The van der Waals surface area contributed by atoms with E-state index in [0.29, 0.717) is 18.0 Å². The van der Waals surface area contributed by atoms with Crippen molar-refractivity contribution >= 4 is 11.6 Å². The topological polar surface area (TPSA) is 70.3 Å². The van der Waals surface area contributed by atoms with Gasteiger partial charge in [-0.1, -0.05) is 25.4 Å². The second-order valence-electron chi connectivity index (χ2n) is 4.49. The molecule has 0 fully saturated rings. The van der Waals surface area contributed by atoms with Crippen LogP contribution in [-0.2, 0) is 20.0 Å². The number of halogens is 1. The maximum absolute atomic E-state index is 9.37. The Balaban J connectivity index is 2.82. The predicted octanol–water partition coefficient (Wildman–Crippen LogP) is 0.859. The highest BCUT2D eigenvalue weighted by atomic mass is 35.5. The molecule has 1 aromatic rings. The minimum Gasteiger partial charge on any atom is -0.394 e. The molecule has 1 aromatic heterocycles. The van der Waals surface area contributed by atoms with Gasteiger partial charge in [-0.2, -0.15) is 5.10 Å². The number of nitrogens with zero attached hydrogens (tertiary/aromatic N) is 2. The van der Waals surface area contributed by atoms with E-state index < -0.39 is 5.54 Å². The number of aromatic nitrogens is 2. The zero-order chi connectivity index (χ0) is 13.8. The number of aryl methyl sites for hydroxylation is 2. The van der Waals surface area contributed by atoms with E-state index >= 15 is 0 Å². The Morgan fingerprint density at radius 1 is 1.33 bits per heavy atom. The van der Waals surface area contributed by atoms with Gasteiger partial charge in [0.2, 0.25) is 0 Å². The van der Waals surface area contributed by atoms with E-state index in [4.69, 9.17) is 11.6 Å². The highest BCUT2D eigenvalue weighted by Gasteiger charge is 2.26. The van der Waals surface area contributed by atoms with Crippen molar-refractivity contribution in [2.45, 2.75) is 38.8 Å². The molecular weight excluding hydrogens is 254 g/mol. The van der Waals surface area contributed by atoms with E-state index in [9.17, 15) is 10.2 Å². The zero-order valence-electron chi connectivity index (χ0n) is 11.2. The van der Waals surface area contributed by atoms with Gasteiger partial charge in [-0.15, -0.1) is 0 Å². The lowest BCUT2D eigenvalue weighted by Crippen LogP contribution is -2.51. The largest absolute Gasteiger partial charge is 0.394 e. The van der Waals surface area contributed by atoms with Crippen molar-refractivity contribution in [1.29, 1.82) is 0 Å². The number of rotatable bonds is 7. The first kappa shape index (κ1) is 15.4. The Hall–Kier alpha value is -0.620. The molecule has 0 aromatic carbocycles. The summed E-state index contributed by atoms with van der Waals surface area (Å²) in [6, 6.07) is 0. The number of aliphatic hydroxyl groups is 2. The monoisotopic (exact) mass is 275 g/mol. The molecule has 104 valence electrons. The molecule has 5 nitrogen and oxygen atoms in total. The van der Waals surface area contributed by atoms with Gasteiger partial charge in [0.1, 0.15) is 0 Å². The molecule has 0 aliphatic heterocycles. The van der Waals surface area contributed by atoms with Crippen LogP contribution < -0.4 is 5.32 Å². The van der Waals surface area contributed by atoms with Gasteiger partial charge in [0.25, 0.3) is 0 Å².